The van der Waals surface area contributed by atoms with Gasteiger partial charge in [0.25, 0.3) is 0 Å². The van der Waals surface area contributed by atoms with E-state index in [1.54, 1.807) is 0 Å². The monoisotopic (exact) mass is 390 g/mol. The summed E-state index contributed by atoms with van der Waals surface area (Å²) in [5.41, 5.74) is 0. The van der Waals surface area contributed by atoms with Gasteiger partial charge in [-0.3, -0.25) is 0 Å². The molecular formula is C12H24Br2S2. The first-order chi connectivity index (χ1) is 7.70. The maximum atomic E-state index is 3.72. The molecule has 0 nitrogen and oxygen atoms in total. The zero-order valence-electron chi connectivity index (χ0n) is 10.4. The van der Waals surface area contributed by atoms with Crippen LogP contribution < -0.4 is 0 Å². The lowest BCUT2D eigenvalue weighted by Gasteiger charge is -2.09. The van der Waals surface area contributed by atoms with E-state index in [1.165, 1.54) is 48.7 Å². The Balaban J connectivity index is 3.15. The number of thioether (sulfide) groups is 2. The van der Waals surface area contributed by atoms with E-state index in [4.69, 9.17) is 0 Å². The fourth-order valence-corrected chi connectivity index (χ4v) is 5.49. The number of rotatable bonds is 11. The van der Waals surface area contributed by atoms with Gasteiger partial charge in [0.05, 0.1) is 0 Å². The Bertz CT molecular complexity index is 129. The average molecular weight is 392 g/mol. The van der Waals surface area contributed by atoms with Crippen molar-refractivity contribution in [2.24, 2.45) is 0 Å². The van der Waals surface area contributed by atoms with Crippen molar-refractivity contribution in [3.8, 4) is 0 Å². The van der Waals surface area contributed by atoms with Crippen molar-refractivity contribution in [2.75, 3.05) is 23.0 Å². The highest BCUT2D eigenvalue weighted by atomic mass is 79.9. The summed E-state index contributed by atoms with van der Waals surface area (Å²) in [5, 5.41) is 0. The smallest absolute Gasteiger partial charge is 0.0236 e. The van der Waals surface area contributed by atoms with E-state index in [2.05, 4.69) is 69.2 Å². The lowest BCUT2D eigenvalue weighted by atomic mass is 10.3. The molecule has 0 heterocycles. The molecule has 2 atom stereocenters. The van der Waals surface area contributed by atoms with Crippen LogP contribution in [-0.4, -0.2) is 32.7 Å². The van der Waals surface area contributed by atoms with Gasteiger partial charge in [-0.1, -0.05) is 58.5 Å². The Labute approximate surface area is 127 Å². The fourth-order valence-electron chi connectivity index (χ4n) is 1.33. The number of hydrogen-bond acceptors (Lipinski definition) is 2. The second-order valence-corrected chi connectivity index (χ2v) is 8.81. The summed E-state index contributed by atoms with van der Waals surface area (Å²) < 4.78 is 0. The van der Waals surface area contributed by atoms with Crippen molar-refractivity contribution < 1.29 is 0 Å². The molecule has 0 amide bonds. The molecule has 4 heteroatoms. The van der Waals surface area contributed by atoms with Gasteiger partial charge in [-0.25, -0.2) is 0 Å². The highest BCUT2D eigenvalue weighted by Crippen LogP contribution is 2.18. The van der Waals surface area contributed by atoms with Crippen molar-refractivity contribution in [1.29, 1.82) is 0 Å². The van der Waals surface area contributed by atoms with E-state index >= 15 is 0 Å². The highest BCUT2D eigenvalue weighted by Gasteiger charge is 2.04. The van der Waals surface area contributed by atoms with Crippen LogP contribution in [0.25, 0.3) is 0 Å². The Morgan fingerprint density at radius 1 is 0.812 bits per heavy atom. The van der Waals surface area contributed by atoms with Crippen molar-refractivity contribution in [2.45, 2.75) is 49.2 Å². The third-order valence-electron chi connectivity index (χ3n) is 2.17. The SMILES string of the molecule is CCCC(Br)CSCCSCC(Br)CCC. The van der Waals surface area contributed by atoms with Crippen LogP contribution in [0.2, 0.25) is 0 Å². The molecule has 0 aromatic heterocycles. The first-order valence-electron chi connectivity index (χ1n) is 6.14. The molecule has 98 valence electrons. The van der Waals surface area contributed by atoms with Crippen molar-refractivity contribution >= 4 is 55.4 Å². The van der Waals surface area contributed by atoms with E-state index in [1.807, 2.05) is 0 Å². The lowest BCUT2D eigenvalue weighted by molar-refractivity contribution is 0.802. The average Bonchev–Trinajstić information content (AvgIpc) is 2.24. The summed E-state index contributed by atoms with van der Waals surface area (Å²) in [6.07, 6.45) is 5.18. The minimum absolute atomic E-state index is 0.719. The Morgan fingerprint density at radius 3 is 1.50 bits per heavy atom. The standard InChI is InChI=1S/C12H24Br2S2/c1-3-5-11(13)9-15-7-8-16-10-12(14)6-4-2/h11-12H,3-10H2,1-2H3. The van der Waals surface area contributed by atoms with Crippen LogP contribution in [0.15, 0.2) is 0 Å². The quantitative estimate of drug-likeness (QED) is 0.333. The zero-order chi connectivity index (χ0) is 12.2. The summed E-state index contributed by atoms with van der Waals surface area (Å²) in [7, 11) is 0. The molecule has 0 aliphatic heterocycles. The molecule has 0 spiro atoms. The molecule has 0 fully saturated rings. The molecule has 0 aliphatic carbocycles. The molecule has 0 aromatic carbocycles. The van der Waals surface area contributed by atoms with Crippen LogP contribution in [0.1, 0.15) is 39.5 Å². The van der Waals surface area contributed by atoms with Gasteiger partial charge in [0, 0.05) is 32.7 Å². The highest BCUT2D eigenvalue weighted by molar-refractivity contribution is 9.09. The predicted octanol–water partition coefficient (Wildman–Crippen LogP) is 5.58. The maximum absolute atomic E-state index is 3.72. The van der Waals surface area contributed by atoms with Crippen LogP contribution in [-0.2, 0) is 0 Å². The largest absolute Gasteiger partial charge is 0.160 e. The summed E-state index contributed by atoms with van der Waals surface area (Å²) in [4.78, 5) is 1.44. The molecule has 0 rings (SSSR count). The molecule has 0 bridgehead atoms. The van der Waals surface area contributed by atoms with Crippen LogP contribution in [0, 0.1) is 0 Å². The molecule has 0 aliphatic rings. The van der Waals surface area contributed by atoms with Crippen molar-refractivity contribution in [3.63, 3.8) is 0 Å². The Morgan fingerprint density at radius 2 is 1.19 bits per heavy atom. The van der Waals surface area contributed by atoms with Crippen LogP contribution in [0.4, 0.5) is 0 Å². The van der Waals surface area contributed by atoms with Gasteiger partial charge in [-0.2, -0.15) is 23.5 Å². The minimum Gasteiger partial charge on any atom is -0.160 e. The Hall–Kier alpha value is 1.66. The number of hydrogen-bond donors (Lipinski definition) is 0. The molecule has 0 saturated carbocycles. The van der Waals surface area contributed by atoms with E-state index in [0.29, 0.717) is 0 Å². The summed E-state index contributed by atoms with van der Waals surface area (Å²) in [6, 6.07) is 0. The van der Waals surface area contributed by atoms with Gasteiger partial charge in [-0.15, -0.1) is 0 Å². The normalized spacial score (nSPS) is 15.0. The third kappa shape index (κ3) is 12.1. The minimum atomic E-state index is 0.719. The third-order valence-corrected chi connectivity index (χ3v) is 7.11. The Kier molecular flexibility index (Phi) is 14.5. The summed E-state index contributed by atoms with van der Waals surface area (Å²) >= 11 is 11.6. The van der Waals surface area contributed by atoms with Gasteiger partial charge < -0.3 is 0 Å². The topological polar surface area (TPSA) is 0 Å². The molecule has 2 unspecified atom stereocenters. The zero-order valence-corrected chi connectivity index (χ0v) is 15.2. The van der Waals surface area contributed by atoms with Crippen molar-refractivity contribution in [1.82, 2.24) is 0 Å². The first-order valence-corrected chi connectivity index (χ1v) is 10.3. The molecule has 0 aromatic rings. The molecule has 16 heavy (non-hydrogen) atoms. The fraction of sp³-hybridized carbons (Fsp3) is 1.00. The molecular weight excluding hydrogens is 368 g/mol. The van der Waals surface area contributed by atoms with E-state index in [-0.39, 0.29) is 0 Å². The van der Waals surface area contributed by atoms with E-state index in [9.17, 15) is 0 Å². The summed E-state index contributed by atoms with van der Waals surface area (Å²) in [6.45, 7) is 4.50. The number of alkyl halides is 2. The van der Waals surface area contributed by atoms with E-state index < -0.39 is 0 Å². The molecule has 0 N–H and O–H groups in total. The van der Waals surface area contributed by atoms with Gasteiger partial charge in [0.2, 0.25) is 0 Å². The van der Waals surface area contributed by atoms with Gasteiger partial charge in [0.1, 0.15) is 0 Å². The van der Waals surface area contributed by atoms with Gasteiger partial charge in [0.15, 0.2) is 0 Å². The van der Waals surface area contributed by atoms with Gasteiger partial charge in [-0.05, 0) is 12.8 Å². The number of halogens is 2. The predicted molar refractivity (Wildman–Crippen MR) is 89.9 cm³/mol. The summed E-state index contributed by atoms with van der Waals surface area (Å²) in [5.74, 6) is 5.12. The van der Waals surface area contributed by atoms with Crippen LogP contribution in [0.5, 0.6) is 0 Å². The first kappa shape index (κ1) is 17.7. The molecule has 0 saturated heterocycles. The second kappa shape index (κ2) is 13.1. The second-order valence-electron chi connectivity index (χ2n) is 3.92. The van der Waals surface area contributed by atoms with Crippen LogP contribution in [0.3, 0.4) is 0 Å². The van der Waals surface area contributed by atoms with E-state index in [0.717, 1.165) is 9.65 Å². The van der Waals surface area contributed by atoms with Crippen molar-refractivity contribution in [3.05, 3.63) is 0 Å². The van der Waals surface area contributed by atoms with Crippen LogP contribution >= 0.6 is 55.4 Å². The maximum Gasteiger partial charge on any atom is 0.0236 e. The molecule has 0 radical (unpaired) electrons. The lowest BCUT2D eigenvalue weighted by Crippen LogP contribution is -2.04. The van der Waals surface area contributed by atoms with Gasteiger partial charge >= 0.3 is 0 Å².